The number of likely N-dealkylation sites (N-methyl/N-ethyl adjacent to an activating group) is 1. The van der Waals surface area contributed by atoms with Crippen molar-refractivity contribution < 1.29 is 9.53 Å². The van der Waals surface area contributed by atoms with Gasteiger partial charge in [-0.1, -0.05) is 39.3 Å². The summed E-state index contributed by atoms with van der Waals surface area (Å²) in [6.07, 6.45) is 0. The zero-order valence-electron chi connectivity index (χ0n) is 14.8. The van der Waals surface area contributed by atoms with Gasteiger partial charge in [-0.25, -0.2) is 0 Å². The van der Waals surface area contributed by atoms with Gasteiger partial charge in [-0.3, -0.25) is 4.79 Å². The van der Waals surface area contributed by atoms with E-state index in [0.29, 0.717) is 16.3 Å². The van der Waals surface area contributed by atoms with Crippen molar-refractivity contribution in [3.8, 4) is 5.75 Å². The number of methoxy groups -OCH3 is 1. The molecular formula is C18H27ClN2O2. The van der Waals surface area contributed by atoms with Gasteiger partial charge in [0.2, 0.25) is 0 Å². The fourth-order valence-corrected chi connectivity index (χ4v) is 3.13. The summed E-state index contributed by atoms with van der Waals surface area (Å²) in [5.74, 6) is 0.480. The van der Waals surface area contributed by atoms with Gasteiger partial charge in [0, 0.05) is 26.2 Å². The Balaban J connectivity index is 2.33. The van der Waals surface area contributed by atoms with Gasteiger partial charge in [0.1, 0.15) is 5.75 Å². The molecule has 4 nitrogen and oxygen atoms in total. The second-order valence-electron chi connectivity index (χ2n) is 7.02. The monoisotopic (exact) mass is 338 g/mol. The molecular weight excluding hydrogens is 312 g/mol. The van der Waals surface area contributed by atoms with E-state index in [4.69, 9.17) is 16.3 Å². The van der Waals surface area contributed by atoms with Gasteiger partial charge in [-0.05, 0) is 29.7 Å². The van der Waals surface area contributed by atoms with Crippen molar-refractivity contribution in [1.29, 1.82) is 0 Å². The maximum absolute atomic E-state index is 13.0. The van der Waals surface area contributed by atoms with Crippen molar-refractivity contribution in [3.63, 3.8) is 0 Å². The average Bonchev–Trinajstić information content (AvgIpc) is 2.52. The van der Waals surface area contributed by atoms with Crippen molar-refractivity contribution in [1.82, 2.24) is 9.80 Å². The Morgan fingerprint density at radius 1 is 1.22 bits per heavy atom. The molecule has 5 heteroatoms. The average molecular weight is 339 g/mol. The standard InChI is InChI=1S/C18H27ClN2O2/c1-6-20-7-9-21(10-8-20)17(22)14-11-13(18(2,3)4)12-15(19)16(14)23-5/h11-12H,6-10H2,1-5H3. The number of amides is 1. The molecule has 1 aromatic carbocycles. The molecule has 0 aromatic heterocycles. The first kappa shape index (κ1) is 18.1. The van der Waals surface area contributed by atoms with Crippen LogP contribution in [0, 0.1) is 0 Å². The molecule has 23 heavy (non-hydrogen) atoms. The van der Waals surface area contributed by atoms with Crippen molar-refractivity contribution in [2.45, 2.75) is 33.1 Å². The van der Waals surface area contributed by atoms with E-state index in [1.165, 1.54) is 0 Å². The normalized spacial score (nSPS) is 16.5. The molecule has 0 bridgehead atoms. The summed E-state index contributed by atoms with van der Waals surface area (Å²) in [6.45, 7) is 12.8. The van der Waals surface area contributed by atoms with Gasteiger partial charge >= 0.3 is 0 Å². The van der Waals surface area contributed by atoms with Gasteiger partial charge < -0.3 is 14.5 Å². The third-order valence-electron chi connectivity index (χ3n) is 4.45. The number of rotatable bonds is 3. The predicted molar refractivity (Wildman–Crippen MR) is 94.7 cm³/mol. The molecule has 1 aliphatic heterocycles. The van der Waals surface area contributed by atoms with Crippen LogP contribution >= 0.6 is 11.6 Å². The van der Waals surface area contributed by atoms with Crippen LogP contribution in [0.1, 0.15) is 43.6 Å². The minimum absolute atomic E-state index is 0.00519. The van der Waals surface area contributed by atoms with Gasteiger partial charge in [0.15, 0.2) is 0 Å². The number of halogens is 1. The van der Waals surface area contributed by atoms with Crippen molar-refractivity contribution in [2.75, 3.05) is 39.8 Å². The first-order valence-corrected chi connectivity index (χ1v) is 8.55. The van der Waals surface area contributed by atoms with Crippen LogP contribution in [0.25, 0.3) is 0 Å². The summed E-state index contributed by atoms with van der Waals surface area (Å²) in [4.78, 5) is 17.2. The van der Waals surface area contributed by atoms with Crippen LogP contribution in [-0.2, 0) is 5.41 Å². The molecule has 0 spiro atoms. The molecule has 1 aliphatic rings. The topological polar surface area (TPSA) is 32.8 Å². The van der Waals surface area contributed by atoms with E-state index in [2.05, 4.69) is 32.6 Å². The van der Waals surface area contributed by atoms with E-state index in [0.717, 1.165) is 38.3 Å². The maximum atomic E-state index is 13.0. The highest BCUT2D eigenvalue weighted by Gasteiger charge is 2.27. The summed E-state index contributed by atoms with van der Waals surface area (Å²) in [6, 6.07) is 3.82. The molecule has 0 unspecified atom stereocenters. The van der Waals surface area contributed by atoms with Crippen molar-refractivity contribution >= 4 is 17.5 Å². The summed E-state index contributed by atoms with van der Waals surface area (Å²) in [5.41, 5.74) is 1.53. The number of hydrogen-bond donors (Lipinski definition) is 0. The predicted octanol–water partition coefficient (Wildman–Crippen LogP) is 3.42. The Kier molecular flexibility index (Phi) is 5.58. The van der Waals surface area contributed by atoms with Gasteiger partial charge in [-0.15, -0.1) is 0 Å². The van der Waals surface area contributed by atoms with Crippen molar-refractivity contribution in [2.24, 2.45) is 0 Å². The second kappa shape index (κ2) is 7.10. The van der Waals surface area contributed by atoms with Gasteiger partial charge in [0.05, 0.1) is 17.7 Å². The largest absolute Gasteiger partial charge is 0.494 e. The third kappa shape index (κ3) is 3.99. The van der Waals surface area contributed by atoms with Gasteiger partial charge in [0.25, 0.3) is 5.91 Å². The van der Waals surface area contributed by atoms with Crippen LogP contribution in [0.3, 0.4) is 0 Å². The molecule has 2 rings (SSSR count). The molecule has 1 aromatic rings. The summed E-state index contributed by atoms with van der Waals surface area (Å²) < 4.78 is 5.41. The highest BCUT2D eigenvalue weighted by Crippen LogP contribution is 2.35. The number of benzene rings is 1. The molecule has 0 atom stereocenters. The van der Waals surface area contributed by atoms with E-state index in [1.54, 1.807) is 7.11 Å². The zero-order chi connectivity index (χ0) is 17.2. The molecule has 0 aliphatic carbocycles. The maximum Gasteiger partial charge on any atom is 0.257 e. The van der Waals surface area contributed by atoms with Gasteiger partial charge in [-0.2, -0.15) is 0 Å². The van der Waals surface area contributed by atoms with E-state index in [1.807, 2.05) is 17.0 Å². The minimum Gasteiger partial charge on any atom is -0.494 e. The molecule has 0 saturated carbocycles. The molecule has 128 valence electrons. The lowest BCUT2D eigenvalue weighted by Gasteiger charge is -2.34. The Morgan fingerprint density at radius 3 is 2.30 bits per heavy atom. The number of carbonyl (C=O) groups is 1. The van der Waals surface area contributed by atoms with Crippen molar-refractivity contribution in [3.05, 3.63) is 28.3 Å². The highest BCUT2D eigenvalue weighted by atomic mass is 35.5. The number of nitrogens with zero attached hydrogens (tertiary/aromatic N) is 2. The molecule has 0 radical (unpaired) electrons. The van der Waals surface area contributed by atoms with E-state index >= 15 is 0 Å². The molecule has 1 saturated heterocycles. The van der Waals surface area contributed by atoms with E-state index < -0.39 is 0 Å². The third-order valence-corrected chi connectivity index (χ3v) is 4.73. The van der Waals surface area contributed by atoms with Crippen LogP contribution in [0.2, 0.25) is 5.02 Å². The fourth-order valence-electron chi connectivity index (χ4n) is 2.83. The lowest BCUT2D eigenvalue weighted by atomic mass is 9.86. The fraction of sp³-hybridized carbons (Fsp3) is 0.611. The molecule has 1 heterocycles. The van der Waals surface area contributed by atoms with E-state index in [-0.39, 0.29) is 11.3 Å². The first-order chi connectivity index (χ1) is 10.8. The van der Waals surface area contributed by atoms with Crippen LogP contribution < -0.4 is 4.74 Å². The highest BCUT2D eigenvalue weighted by molar-refractivity contribution is 6.32. The number of carbonyl (C=O) groups excluding carboxylic acids is 1. The Labute approximate surface area is 144 Å². The lowest BCUT2D eigenvalue weighted by Crippen LogP contribution is -2.48. The Bertz CT molecular complexity index is 573. The quantitative estimate of drug-likeness (QED) is 0.846. The number of piperazine rings is 1. The molecule has 0 N–H and O–H groups in total. The summed E-state index contributed by atoms with van der Waals surface area (Å²) in [7, 11) is 1.56. The first-order valence-electron chi connectivity index (χ1n) is 8.17. The Morgan fingerprint density at radius 2 is 1.83 bits per heavy atom. The number of hydrogen-bond acceptors (Lipinski definition) is 3. The lowest BCUT2D eigenvalue weighted by molar-refractivity contribution is 0.0640. The second-order valence-corrected chi connectivity index (χ2v) is 7.42. The number of ether oxygens (including phenoxy) is 1. The molecule has 1 fully saturated rings. The zero-order valence-corrected chi connectivity index (χ0v) is 15.5. The Hall–Kier alpha value is -1.26. The SMILES string of the molecule is CCN1CCN(C(=O)c2cc(C(C)(C)C)cc(Cl)c2OC)CC1. The van der Waals surface area contributed by atoms with E-state index in [9.17, 15) is 4.79 Å². The van der Waals surface area contributed by atoms with Crippen LogP contribution in [0.4, 0.5) is 0 Å². The minimum atomic E-state index is -0.0775. The van der Waals surface area contributed by atoms with Crippen LogP contribution in [0.5, 0.6) is 5.75 Å². The summed E-state index contributed by atoms with van der Waals surface area (Å²) >= 11 is 6.37. The van der Waals surface area contributed by atoms with Crippen LogP contribution in [-0.4, -0.2) is 55.5 Å². The van der Waals surface area contributed by atoms with Crippen LogP contribution in [0.15, 0.2) is 12.1 Å². The summed E-state index contributed by atoms with van der Waals surface area (Å²) in [5, 5.41) is 0.496. The molecule has 1 amide bonds. The smallest absolute Gasteiger partial charge is 0.257 e.